The number of esters is 1. The average molecular weight is 428 g/mol. The van der Waals surface area contributed by atoms with Crippen molar-refractivity contribution in [3.8, 4) is 0 Å². The van der Waals surface area contributed by atoms with Gasteiger partial charge in [-0.3, -0.25) is 5.41 Å². The molecule has 1 atom stereocenters. The number of nitrogens with one attached hydrogen (secondary N) is 4. The Labute approximate surface area is 185 Å². The molecular formula is C25H25N5O2. The Morgan fingerprint density at radius 1 is 1.06 bits per heavy atom. The van der Waals surface area contributed by atoms with Gasteiger partial charge in [0.15, 0.2) is 5.54 Å². The predicted molar refractivity (Wildman–Crippen MR) is 126 cm³/mol. The number of hydrogen-bond acceptors (Lipinski definition) is 5. The van der Waals surface area contributed by atoms with E-state index >= 15 is 0 Å². The van der Waals surface area contributed by atoms with Gasteiger partial charge in [-0.05, 0) is 75.4 Å². The maximum Gasteiger partial charge on any atom is 0.336 e. The zero-order chi connectivity index (χ0) is 22.5. The van der Waals surface area contributed by atoms with Crippen molar-refractivity contribution in [3.05, 3.63) is 76.0 Å². The first-order valence-corrected chi connectivity index (χ1v) is 10.6. The second-order valence-corrected chi connectivity index (χ2v) is 9.22. The van der Waals surface area contributed by atoms with Gasteiger partial charge in [-0.25, -0.2) is 9.79 Å². The summed E-state index contributed by atoms with van der Waals surface area (Å²) >= 11 is 0. The van der Waals surface area contributed by atoms with E-state index in [0.717, 1.165) is 27.8 Å². The Hall–Kier alpha value is -3.87. The van der Waals surface area contributed by atoms with Gasteiger partial charge in [0, 0.05) is 28.5 Å². The summed E-state index contributed by atoms with van der Waals surface area (Å²) in [4.78, 5) is 24.6. The van der Waals surface area contributed by atoms with Crippen LogP contribution in [0.1, 0.15) is 38.6 Å². The standard InChI is InChI=1S/C25H25N5O2/c1-24(2,3)32-23(31)25-11-10-21(30-25)22(26)20-9-8-18(29-20)13-16-5-4-15(27-16)12-17-6-7-19(14-25)28-17/h4-10,12-14,26-28,30H,11H2,1-3H3. The number of aromatic nitrogens is 2. The molecule has 0 saturated carbocycles. The van der Waals surface area contributed by atoms with Crippen LogP contribution >= 0.6 is 0 Å². The van der Waals surface area contributed by atoms with Crippen LogP contribution in [0.3, 0.4) is 0 Å². The van der Waals surface area contributed by atoms with E-state index in [1.165, 1.54) is 0 Å². The number of nitrogens with zero attached hydrogens (tertiary/aromatic N) is 1. The van der Waals surface area contributed by atoms with Crippen molar-refractivity contribution in [3.63, 3.8) is 0 Å². The summed E-state index contributed by atoms with van der Waals surface area (Å²) in [7, 11) is 0. The molecule has 2 aromatic heterocycles. The van der Waals surface area contributed by atoms with E-state index < -0.39 is 11.1 Å². The van der Waals surface area contributed by atoms with E-state index in [9.17, 15) is 4.79 Å². The lowest BCUT2D eigenvalue weighted by atomic mass is 9.96. The third-order valence-electron chi connectivity index (χ3n) is 5.41. The number of carbonyl (C=O) groups is 1. The van der Waals surface area contributed by atoms with Gasteiger partial charge in [0.25, 0.3) is 0 Å². The first kappa shape index (κ1) is 20.1. The highest BCUT2D eigenvalue weighted by Crippen LogP contribution is 2.28. The van der Waals surface area contributed by atoms with Crippen LogP contribution < -0.4 is 16.0 Å². The van der Waals surface area contributed by atoms with Gasteiger partial charge < -0.3 is 20.0 Å². The number of fused-ring (bicyclic) bond motifs is 7. The second kappa shape index (κ2) is 7.09. The minimum atomic E-state index is -1.12. The lowest BCUT2D eigenvalue weighted by Crippen LogP contribution is -2.51. The van der Waals surface area contributed by atoms with E-state index in [1.807, 2.05) is 81.5 Å². The van der Waals surface area contributed by atoms with E-state index in [2.05, 4.69) is 20.3 Å². The molecule has 7 heteroatoms. The fourth-order valence-corrected chi connectivity index (χ4v) is 3.95. The quantitative estimate of drug-likeness (QED) is 0.525. The molecule has 1 unspecified atom stereocenters. The molecule has 2 aromatic rings. The monoisotopic (exact) mass is 427 g/mol. The molecule has 0 spiro atoms. The van der Waals surface area contributed by atoms with E-state index in [-0.39, 0.29) is 11.7 Å². The SMILES string of the molecule is CC(C)(C)OC(=O)C12C=c3ccc([nH]3)=Cc3ccc([nH]3)C=C3C=CC(=N3)C(=N)C(=CC1)N2. The van der Waals surface area contributed by atoms with Crippen LogP contribution in [-0.2, 0) is 9.53 Å². The molecule has 3 aliphatic rings. The van der Waals surface area contributed by atoms with E-state index in [1.54, 1.807) is 0 Å². The number of aromatic amines is 2. The van der Waals surface area contributed by atoms with Crippen molar-refractivity contribution in [2.24, 2.45) is 4.99 Å². The summed E-state index contributed by atoms with van der Waals surface area (Å²) in [6.07, 6.45) is 11.7. The fraction of sp³-hybridized carbons (Fsp3) is 0.240. The zero-order valence-corrected chi connectivity index (χ0v) is 18.2. The van der Waals surface area contributed by atoms with Gasteiger partial charge in [-0.15, -0.1) is 0 Å². The number of rotatable bonds is 1. The summed E-state index contributed by atoms with van der Waals surface area (Å²) in [5.41, 5.74) is 2.23. The van der Waals surface area contributed by atoms with Gasteiger partial charge in [-0.1, -0.05) is 6.08 Å². The minimum absolute atomic E-state index is 0.239. The molecule has 0 amide bonds. The molecule has 0 aromatic carbocycles. The molecule has 0 aliphatic carbocycles. The summed E-state index contributed by atoms with van der Waals surface area (Å²) in [6.45, 7) is 5.54. The highest BCUT2D eigenvalue weighted by atomic mass is 16.6. The lowest BCUT2D eigenvalue weighted by Gasteiger charge is -2.30. The molecule has 4 N–H and O–H groups in total. The third-order valence-corrected chi connectivity index (χ3v) is 5.41. The second-order valence-electron chi connectivity index (χ2n) is 9.22. The number of H-pyrrole nitrogens is 2. The molecule has 3 aliphatic heterocycles. The average Bonchev–Trinajstić information content (AvgIpc) is 3.49. The van der Waals surface area contributed by atoms with Crippen molar-refractivity contribution in [1.29, 1.82) is 5.41 Å². The fourth-order valence-electron chi connectivity index (χ4n) is 3.95. The summed E-state index contributed by atoms with van der Waals surface area (Å²) in [5, 5.41) is 13.7. The van der Waals surface area contributed by atoms with Crippen LogP contribution in [0, 0.1) is 5.41 Å². The van der Waals surface area contributed by atoms with Crippen LogP contribution in [0.4, 0.5) is 0 Å². The Morgan fingerprint density at radius 2 is 1.81 bits per heavy atom. The van der Waals surface area contributed by atoms with Crippen molar-refractivity contribution in [2.75, 3.05) is 0 Å². The largest absolute Gasteiger partial charge is 0.458 e. The van der Waals surface area contributed by atoms with Crippen LogP contribution in [0.5, 0.6) is 0 Å². The van der Waals surface area contributed by atoms with Crippen LogP contribution in [-0.4, -0.2) is 38.5 Å². The number of carbonyl (C=O) groups excluding carboxylic acids is 1. The molecule has 7 nitrogen and oxygen atoms in total. The van der Waals surface area contributed by atoms with Gasteiger partial charge in [0.2, 0.25) is 0 Å². The zero-order valence-electron chi connectivity index (χ0n) is 18.2. The normalized spacial score (nSPS) is 21.7. The molecule has 5 heterocycles. The summed E-state index contributed by atoms with van der Waals surface area (Å²) in [6, 6.07) is 7.88. The molecule has 0 saturated heterocycles. The number of ether oxygens (including phenoxy) is 1. The predicted octanol–water partition coefficient (Wildman–Crippen LogP) is 2.29. The van der Waals surface area contributed by atoms with E-state index in [0.29, 0.717) is 17.8 Å². The van der Waals surface area contributed by atoms with Crippen LogP contribution in [0.15, 0.2) is 58.9 Å². The highest BCUT2D eigenvalue weighted by Gasteiger charge is 2.43. The van der Waals surface area contributed by atoms with Crippen molar-refractivity contribution >= 4 is 35.6 Å². The first-order valence-electron chi connectivity index (χ1n) is 10.6. The minimum Gasteiger partial charge on any atom is -0.458 e. The molecular weight excluding hydrogens is 402 g/mol. The third kappa shape index (κ3) is 3.77. The number of allylic oxidation sites excluding steroid dienone is 3. The molecule has 32 heavy (non-hydrogen) atoms. The Bertz CT molecular complexity index is 1370. The molecule has 162 valence electrons. The molecule has 5 rings (SSSR count). The van der Waals surface area contributed by atoms with Crippen molar-refractivity contribution < 1.29 is 9.53 Å². The van der Waals surface area contributed by atoms with Crippen molar-refractivity contribution in [2.45, 2.75) is 38.3 Å². The maximum atomic E-state index is 13.3. The highest BCUT2D eigenvalue weighted by molar-refractivity contribution is 6.51. The molecule has 0 fully saturated rings. The van der Waals surface area contributed by atoms with Gasteiger partial charge in [0.05, 0.1) is 17.1 Å². The van der Waals surface area contributed by atoms with Crippen LogP contribution in [0.2, 0.25) is 0 Å². The Morgan fingerprint density at radius 3 is 2.59 bits per heavy atom. The van der Waals surface area contributed by atoms with Crippen molar-refractivity contribution in [1.82, 2.24) is 15.3 Å². The summed E-state index contributed by atoms with van der Waals surface area (Å²) in [5.74, 6) is -0.385. The van der Waals surface area contributed by atoms with Gasteiger partial charge in [-0.2, -0.15) is 0 Å². The maximum absolute atomic E-state index is 13.3. The Kier molecular flexibility index (Phi) is 4.44. The summed E-state index contributed by atoms with van der Waals surface area (Å²) < 4.78 is 5.75. The first-order chi connectivity index (χ1) is 15.2. The van der Waals surface area contributed by atoms with Crippen LogP contribution in [0.25, 0.3) is 18.2 Å². The molecule has 0 radical (unpaired) electrons. The molecule has 8 bridgehead atoms. The van der Waals surface area contributed by atoms with E-state index in [4.69, 9.17) is 10.1 Å². The Balaban J connectivity index is 1.66. The van der Waals surface area contributed by atoms with Gasteiger partial charge in [0.1, 0.15) is 11.3 Å². The smallest absolute Gasteiger partial charge is 0.336 e. The number of hydrogen-bond donors (Lipinski definition) is 4. The topological polar surface area (TPSA) is 106 Å². The lowest BCUT2D eigenvalue weighted by molar-refractivity contribution is -0.159. The van der Waals surface area contributed by atoms with Gasteiger partial charge >= 0.3 is 5.97 Å². The number of aliphatic imine (C=N–C) groups is 1.